The summed E-state index contributed by atoms with van der Waals surface area (Å²) in [6.07, 6.45) is 0. The van der Waals surface area contributed by atoms with Gasteiger partial charge in [-0.15, -0.1) is 0 Å². The van der Waals surface area contributed by atoms with E-state index in [2.05, 4.69) is 0 Å². The van der Waals surface area contributed by atoms with Crippen LogP contribution in [0.15, 0.2) is 18.2 Å². The van der Waals surface area contributed by atoms with Crippen molar-refractivity contribution in [3.63, 3.8) is 0 Å². The molecule has 0 N–H and O–H groups in total. The van der Waals surface area contributed by atoms with Gasteiger partial charge < -0.3 is 9.64 Å². The number of hydrogen-bond donors (Lipinski definition) is 0. The summed E-state index contributed by atoms with van der Waals surface area (Å²) >= 11 is 0. The van der Waals surface area contributed by atoms with Crippen LogP contribution in [0.25, 0.3) is 0 Å². The molecule has 0 amide bonds. The zero-order valence-corrected chi connectivity index (χ0v) is 7.87. The fourth-order valence-electron chi connectivity index (χ4n) is 1.59. The van der Waals surface area contributed by atoms with E-state index in [9.17, 15) is 4.39 Å². The van der Waals surface area contributed by atoms with E-state index < -0.39 is 0 Å². The molecule has 1 aliphatic heterocycles. The van der Waals surface area contributed by atoms with Crippen molar-refractivity contribution in [2.45, 2.75) is 0 Å². The molecule has 4 heteroatoms. The Hall–Kier alpha value is -1.03. The third-order valence-corrected chi connectivity index (χ3v) is 2.36. The number of nitrogens with zero attached hydrogens (tertiary/aromatic N) is 1. The summed E-state index contributed by atoms with van der Waals surface area (Å²) < 4.78 is 18.8. The normalized spacial score (nSPS) is 17.1. The Morgan fingerprint density at radius 3 is 2.71 bits per heavy atom. The van der Waals surface area contributed by atoms with E-state index in [-0.39, 0.29) is 11.3 Å². The van der Waals surface area contributed by atoms with E-state index in [1.54, 1.807) is 18.2 Å². The van der Waals surface area contributed by atoms with Gasteiger partial charge in [0.1, 0.15) is 13.7 Å². The summed E-state index contributed by atoms with van der Waals surface area (Å²) in [5, 5.41) is 0. The second-order valence-electron chi connectivity index (χ2n) is 3.28. The van der Waals surface area contributed by atoms with Gasteiger partial charge in [-0.1, -0.05) is 17.6 Å². The molecule has 1 aromatic rings. The van der Waals surface area contributed by atoms with Crippen LogP contribution in [0, 0.1) is 5.82 Å². The second kappa shape index (κ2) is 4.01. The van der Waals surface area contributed by atoms with E-state index in [1.807, 2.05) is 4.90 Å². The van der Waals surface area contributed by atoms with Gasteiger partial charge in [0, 0.05) is 13.1 Å². The molecule has 14 heavy (non-hydrogen) atoms. The Morgan fingerprint density at radius 1 is 1.29 bits per heavy atom. The van der Waals surface area contributed by atoms with E-state index in [0.717, 1.165) is 13.1 Å². The Morgan fingerprint density at radius 2 is 2.00 bits per heavy atom. The van der Waals surface area contributed by atoms with Crippen LogP contribution in [0.2, 0.25) is 0 Å². The molecule has 0 aromatic heterocycles. The standard InChI is InChI=1S/C10H11BFNO/c11-8-2-1-3-9(10(8)12)13-4-6-14-7-5-13/h1-3H,4-7H2. The van der Waals surface area contributed by atoms with E-state index in [4.69, 9.17) is 12.6 Å². The predicted octanol–water partition coefficient (Wildman–Crippen LogP) is 0.456. The molecular formula is C10H11BFNO. The van der Waals surface area contributed by atoms with Crippen LogP contribution in [0.4, 0.5) is 10.1 Å². The molecular weight excluding hydrogens is 180 g/mol. The molecule has 0 bridgehead atoms. The highest BCUT2D eigenvalue weighted by Crippen LogP contribution is 2.17. The van der Waals surface area contributed by atoms with Crippen LogP contribution >= 0.6 is 0 Å². The van der Waals surface area contributed by atoms with Crippen molar-refractivity contribution in [2.75, 3.05) is 31.2 Å². The Labute approximate surface area is 84.1 Å². The van der Waals surface area contributed by atoms with Gasteiger partial charge in [0.15, 0.2) is 0 Å². The number of hydrogen-bond acceptors (Lipinski definition) is 2. The number of rotatable bonds is 1. The molecule has 0 atom stereocenters. The van der Waals surface area contributed by atoms with Gasteiger partial charge in [0.25, 0.3) is 0 Å². The number of halogens is 1. The largest absolute Gasteiger partial charge is 0.378 e. The highest BCUT2D eigenvalue weighted by atomic mass is 19.1. The Kier molecular flexibility index (Phi) is 2.73. The van der Waals surface area contributed by atoms with Gasteiger partial charge in [0.2, 0.25) is 0 Å². The SMILES string of the molecule is [B]c1cccc(N2CCOCC2)c1F. The lowest BCUT2D eigenvalue weighted by Gasteiger charge is -2.29. The van der Waals surface area contributed by atoms with Gasteiger partial charge >= 0.3 is 0 Å². The molecule has 0 saturated carbocycles. The van der Waals surface area contributed by atoms with Crippen molar-refractivity contribution in [3.05, 3.63) is 24.0 Å². The van der Waals surface area contributed by atoms with Gasteiger partial charge in [-0.25, -0.2) is 4.39 Å². The van der Waals surface area contributed by atoms with Crippen LogP contribution in [0.3, 0.4) is 0 Å². The van der Waals surface area contributed by atoms with E-state index in [0.29, 0.717) is 18.9 Å². The highest BCUT2D eigenvalue weighted by molar-refractivity contribution is 6.32. The minimum Gasteiger partial charge on any atom is -0.378 e. The lowest BCUT2D eigenvalue weighted by Crippen LogP contribution is -2.37. The fraction of sp³-hybridized carbons (Fsp3) is 0.400. The molecule has 2 radical (unpaired) electrons. The topological polar surface area (TPSA) is 12.5 Å². The summed E-state index contributed by atoms with van der Waals surface area (Å²) in [6, 6.07) is 5.08. The van der Waals surface area contributed by atoms with Gasteiger partial charge in [-0.05, 0) is 6.07 Å². The molecule has 0 unspecified atom stereocenters. The van der Waals surface area contributed by atoms with Crippen LogP contribution < -0.4 is 10.4 Å². The number of benzene rings is 1. The van der Waals surface area contributed by atoms with Crippen LogP contribution in [-0.4, -0.2) is 34.1 Å². The lowest BCUT2D eigenvalue weighted by molar-refractivity contribution is 0.122. The maximum atomic E-state index is 13.6. The van der Waals surface area contributed by atoms with E-state index >= 15 is 0 Å². The number of ether oxygens (including phenoxy) is 1. The van der Waals surface area contributed by atoms with Crippen molar-refractivity contribution in [2.24, 2.45) is 0 Å². The minimum atomic E-state index is -0.325. The molecule has 1 aliphatic rings. The van der Waals surface area contributed by atoms with Crippen molar-refractivity contribution in [1.29, 1.82) is 0 Å². The molecule has 2 rings (SSSR count). The zero-order valence-electron chi connectivity index (χ0n) is 7.87. The van der Waals surface area contributed by atoms with Crippen molar-refractivity contribution in [3.8, 4) is 0 Å². The fourth-order valence-corrected chi connectivity index (χ4v) is 1.59. The molecule has 0 spiro atoms. The van der Waals surface area contributed by atoms with E-state index in [1.165, 1.54) is 0 Å². The molecule has 72 valence electrons. The summed E-state index contributed by atoms with van der Waals surface area (Å²) in [4.78, 5) is 1.95. The maximum Gasteiger partial charge on any atom is 0.139 e. The average molecular weight is 191 g/mol. The molecule has 1 saturated heterocycles. The third kappa shape index (κ3) is 1.75. The van der Waals surface area contributed by atoms with Gasteiger partial charge in [0.05, 0.1) is 18.9 Å². The number of anilines is 1. The quantitative estimate of drug-likeness (QED) is 0.597. The van der Waals surface area contributed by atoms with Crippen molar-refractivity contribution in [1.82, 2.24) is 0 Å². The first-order valence-electron chi connectivity index (χ1n) is 4.66. The van der Waals surface area contributed by atoms with Crippen LogP contribution in [0.1, 0.15) is 0 Å². The van der Waals surface area contributed by atoms with Crippen LogP contribution in [0.5, 0.6) is 0 Å². The lowest BCUT2D eigenvalue weighted by atomic mass is 9.95. The predicted molar refractivity (Wildman–Crippen MR) is 54.8 cm³/mol. The summed E-state index contributed by atoms with van der Waals surface area (Å²) in [5.41, 5.74) is 0.780. The summed E-state index contributed by atoms with van der Waals surface area (Å²) in [6.45, 7) is 2.74. The molecule has 1 aromatic carbocycles. The summed E-state index contributed by atoms with van der Waals surface area (Å²) in [5.74, 6) is -0.325. The zero-order chi connectivity index (χ0) is 9.97. The third-order valence-electron chi connectivity index (χ3n) is 2.36. The molecule has 2 nitrogen and oxygen atoms in total. The monoisotopic (exact) mass is 191 g/mol. The number of morpholine rings is 1. The van der Waals surface area contributed by atoms with Gasteiger partial charge in [-0.3, -0.25) is 0 Å². The first-order valence-corrected chi connectivity index (χ1v) is 4.66. The Balaban J connectivity index is 2.26. The molecule has 1 heterocycles. The van der Waals surface area contributed by atoms with Crippen LogP contribution in [-0.2, 0) is 4.74 Å². The molecule has 1 fully saturated rings. The Bertz CT molecular complexity index is 326. The first-order chi connectivity index (χ1) is 6.79. The smallest absolute Gasteiger partial charge is 0.139 e. The summed E-state index contributed by atoms with van der Waals surface area (Å²) in [7, 11) is 5.49. The van der Waals surface area contributed by atoms with Gasteiger partial charge in [-0.2, -0.15) is 0 Å². The average Bonchev–Trinajstić information content (AvgIpc) is 2.23. The molecule has 0 aliphatic carbocycles. The minimum absolute atomic E-state index is 0.203. The van der Waals surface area contributed by atoms with Crippen molar-refractivity contribution < 1.29 is 9.13 Å². The second-order valence-corrected chi connectivity index (χ2v) is 3.28. The highest BCUT2D eigenvalue weighted by Gasteiger charge is 2.15. The van der Waals surface area contributed by atoms with Crippen molar-refractivity contribution >= 4 is 19.0 Å². The first kappa shape index (κ1) is 9.53. The maximum absolute atomic E-state index is 13.6.